The highest BCUT2D eigenvalue weighted by molar-refractivity contribution is 9.10. The van der Waals surface area contributed by atoms with Crippen LogP contribution in [0.15, 0.2) is 22.7 Å². The van der Waals surface area contributed by atoms with Crippen molar-refractivity contribution in [3.8, 4) is 5.75 Å². The fraction of sp³-hybridized carbons (Fsp3) is 0.467. The molecule has 0 saturated carbocycles. The molecule has 7 heteroatoms. The van der Waals surface area contributed by atoms with Gasteiger partial charge in [0.05, 0.1) is 10.4 Å². The normalized spacial score (nSPS) is 21.5. The molecule has 1 saturated heterocycles. The van der Waals surface area contributed by atoms with Crippen molar-refractivity contribution in [3.05, 3.63) is 28.5 Å². The van der Waals surface area contributed by atoms with Crippen LogP contribution in [0, 0.1) is 17.7 Å². The molecule has 0 aromatic heterocycles. The van der Waals surface area contributed by atoms with E-state index in [0.29, 0.717) is 23.2 Å². The van der Waals surface area contributed by atoms with Crippen LogP contribution in [0.4, 0.5) is 4.39 Å². The van der Waals surface area contributed by atoms with Crippen molar-refractivity contribution in [2.45, 2.75) is 13.3 Å². The Labute approximate surface area is 136 Å². The van der Waals surface area contributed by atoms with Crippen LogP contribution in [0.1, 0.15) is 13.3 Å². The summed E-state index contributed by atoms with van der Waals surface area (Å²) in [6, 6.07) is 3.93. The fourth-order valence-corrected chi connectivity index (χ4v) is 3.02. The van der Waals surface area contributed by atoms with Gasteiger partial charge in [0.1, 0.15) is 11.6 Å². The van der Waals surface area contributed by atoms with Crippen LogP contribution in [-0.4, -0.2) is 41.6 Å². The lowest BCUT2D eigenvalue weighted by molar-refractivity contribution is -0.147. The smallest absolute Gasteiger partial charge is 0.308 e. The van der Waals surface area contributed by atoms with Gasteiger partial charge in [-0.2, -0.15) is 0 Å². The van der Waals surface area contributed by atoms with Gasteiger partial charge in [-0.15, -0.1) is 0 Å². The second-order valence-corrected chi connectivity index (χ2v) is 6.39. The quantitative estimate of drug-likeness (QED) is 0.880. The first-order chi connectivity index (χ1) is 10.4. The highest BCUT2D eigenvalue weighted by Crippen LogP contribution is 2.26. The SMILES string of the molecule is CC1CC(C(=O)O)CN(C(=O)COc2ccc(F)cc2Br)C1. The van der Waals surface area contributed by atoms with Gasteiger partial charge in [0.25, 0.3) is 5.91 Å². The third-order valence-electron chi connectivity index (χ3n) is 3.61. The Hall–Kier alpha value is -1.63. The van der Waals surface area contributed by atoms with E-state index in [9.17, 15) is 14.0 Å². The number of ether oxygens (including phenoxy) is 1. The summed E-state index contributed by atoms with van der Waals surface area (Å²) in [4.78, 5) is 24.8. The van der Waals surface area contributed by atoms with Gasteiger partial charge < -0.3 is 14.7 Å². The first kappa shape index (κ1) is 16.7. The lowest BCUT2D eigenvalue weighted by Crippen LogP contribution is -2.47. The molecular formula is C15H17BrFNO4. The Balaban J connectivity index is 1.95. The third-order valence-corrected chi connectivity index (χ3v) is 4.23. The summed E-state index contributed by atoms with van der Waals surface area (Å²) >= 11 is 3.16. The second kappa shape index (κ2) is 7.09. The van der Waals surface area contributed by atoms with E-state index in [1.165, 1.54) is 23.1 Å². The Bertz CT molecular complexity index is 581. The number of hydrogen-bond acceptors (Lipinski definition) is 3. The lowest BCUT2D eigenvalue weighted by atomic mass is 9.90. The van der Waals surface area contributed by atoms with E-state index in [0.717, 1.165) is 0 Å². The van der Waals surface area contributed by atoms with Crippen LogP contribution in [0.3, 0.4) is 0 Å². The van der Waals surface area contributed by atoms with Gasteiger partial charge in [-0.25, -0.2) is 4.39 Å². The summed E-state index contributed by atoms with van der Waals surface area (Å²) < 4.78 is 18.8. The van der Waals surface area contributed by atoms with Crippen LogP contribution in [0.2, 0.25) is 0 Å². The Morgan fingerprint density at radius 1 is 1.45 bits per heavy atom. The van der Waals surface area contributed by atoms with Crippen LogP contribution < -0.4 is 4.74 Å². The first-order valence-corrected chi connectivity index (χ1v) is 7.74. The molecule has 0 spiro atoms. The van der Waals surface area contributed by atoms with Crippen LogP contribution >= 0.6 is 15.9 Å². The van der Waals surface area contributed by atoms with Crippen molar-refractivity contribution in [2.24, 2.45) is 11.8 Å². The number of rotatable bonds is 4. The molecule has 0 radical (unpaired) electrons. The topological polar surface area (TPSA) is 66.8 Å². The third kappa shape index (κ3) is 4.19. The molecule has 1 amide bonds. The predicted octanol–water partition coefficient (Wildman–Crippen LogP) is 2.54. The van der Waals surface area contributed by atoms with Crippen molar-refractivity contribution in [1.82, 2.24) is 4.90 Å². The van der Waals surface area contributed by atoms with E-state index in [1.54, 1.807) is 0 Å². The zero-order chi connectivity index (χ0) is 16.3. The highest BCUT2D eigenvalue weighted by Gasteiger charge is 2.31. The van der Waals surface area contributed by atoms with Crippen LogP contribution in [0.5, 0.6) is 5.75 Å². The summed E-state index contributed by atoms with van der Waals surface area (Å²) in [5, 5.41) is 9.11. The van der Waals surface area contributed by atoms with Gasteiger partial charge in [-0.05, 0) is 46.5 Å². The molecule has 1 aromatic rings. The highest BCUT2D eigenvalue weighted by atomic mass is 79.9. The minimum absolute atomic E-state index is 0.136. The summed E-state index contributed by atoms with van der Waals surface area (Å²) in [5.41, 5.74) is 0. The summed E-state index contributed by atoms with van der Waals surface area (Å²) in [5.74, 6) is -1.59. The monoisotopic (exact) mass is 373 g/mol. The molecule has 120 valence electrons. The maximum absolute atomic E-state index is 13.0. The minimum atomic E-state index is -0.883. The zero-order valence-corrected chi connectivity index (χ0v) is 13.7. The van der Waals surface area contributed by atoms with E-state index in [-0.39, 0.29) is 25.0 Å². The second-order valence-electron chi connectivity index (χ2n) is 5.54. The number of carbonyl (C=O) groups excluding carboxylic acids is 1. The molecule has 0 bridgehead atoms. The fourth-order valence-electron chi connectivity index (χ4n) is 2.56. The van der Waals surface area contributed by atoms with Crippen LogP contribution in [-0.2, 0) is 9.59 Å². The summed E-state index contributed by atoms with van der Waals surface area (Å²) in [7, 11) is 0. The zero-order valence-electron chi connectivity index (χ0n) is 12.1. The predicted molar refractivity (Wildman–Crippen MR) is 81.1 cm³/mol. The van der Waals surface area contributed by atoms with E-state index < -0.39 is 17.7 Å². The number of halogens is 2. The van der Waals surface area contributed by atoms with E-state index in [2.05, 4.69) is 15.9 Å². The molecule has 1 aliphatic rings. The van der Waals surface area contributed by atoms with Gasteiger partial charge in [0.15, 0.2) is 6.61 Å². The van der Waals surface area contributed by atoms with Crippen molar-refractivity contribution in [3.63, 3.8) is 0 Å². The number of carbonyl (C=O) groups is 2. The molecule has 1 aliphatic heterocycles. The van der Waals surface area contributed by atoms with Crippen molar-refractivity contribution >= 4 is 27.8 Å². The first-order valence-electron chi connectivity index (χ1n) is 6.95. The number of amides is 1. The molecule has 22 heavy (non-hydrogen) atoms. The van der Waals surface area contributed by atoms with Crippen molar-refractivity contribution in [1.29, 1.82) is 0 Å². The molecule has 2 unspecified atom stereocenters. The van der Waals surface area contributed by atoms with Crippen molar-refractivity contribution < 1.29 is 23.8 Å². The van der Waals surface area contributed by atoms with Gasteiger partial charge in [-0.1, -0.05) is 6.92 Å². The van der Waals surface area contributed by atoms with Gasteiger partial charge in [0.2, 0.25) is 0 Å². The summed E-state index contributed by atoms with van der Waals surface area (Å²) in [6.07, 6.45) is 0.573. The van der Waals surface area contributed by atoms with Crippen molar-refractivity contribution in [2.75, 3.05) is 19.7 Å². The van der Waals surface area contributed by atoms with Gasteiger partial charge in [0, 0.05) is 13.1 Å². The maximum Gasteiger partial charge on any atom is 0.308 e. The minimum Gasteiger partial charge on any atom is -0.483 e. The number of carboxylic acids is 1. The summed E-state index contributed by atoms with van der Waals surface area (Å²) in [6.45, 7) is 2.44. The number of likely N-dealkylation sites (tertiary alicyclic amines) is 1. The average Bonchev–Trinajstić information content (AvgIpc) is 2.45. The number of piperidine rings is 1. The molecule has 1 fully saturated rings. The Morgan fingerprint density at radius 2 is 2.18 bits per heavy atom. The Morgan fingerprint density at radius 3 is 2.82 bits per heavy atom. The lowest BCUT2D eigenvalue weighted by Gasteiger charge is -2.34. The number of benzene rings is 1. The largest absolute Gasteiger partial charge is 0.483 e. The number of nitrogens with zero attached hydrogens (tertiary/aromatic N) is 1. The number of aliphatic carboxylic acids is 1. The molecule has 5 nitrogen and oxygen atoms in total. The maximum atomic E-state index is 13.0. The number of carboxylic acid groups (broad SMARTS) is 1. The van der Waals surface area contributed by atoms with Gasteiger partial charge in [-0.3, -0.25) is 9.59 Å². The number of hydrogen-bond donors (Lipinski definition) is 1. The van der Waals surface area contributed by atoms with E-state index in [1.807, 2.05) is 6.92 Å². The average molecular weight is 374 g/mol. The molecule has 1 N–H and O–H groups in total. The molecular weight excluding hydrogens is 357 g/mol. The van der Waals surface area contributed by atoms with E-state index in [4.69, 9.17) is 9.84 Å². The Kier molecular flexibility index (Phi) is 5.39. The molecule has 2 atom stereocenters. The molecule has 2 rings (SSSR count). The molecule has 1 heterocycles. The van der Waals surface area contributed by atoms with Crippen LogP contribution in [0.25, 0.3) is 0 Å². The molecule has 1 aromatic carbocycles. The van der Waals surface area contributed by atoms with E-state index >= 15 is 0 Å². The molecule has 0 aliphatic carbocycles. The standard InChI is InChI=1S/C15H17BrFNO4/c1-9-4-10(15(20)21)7-18(6-9)14(19)8-22-13-3-2-11(17)5-12(13)16/h2-3,5,9-10H,4,6-8H2,1H3,(H,20,21). The van der Waals surface area contributed by atoms with Gasteiger partial charge >= 0.3 is 5.97 Å².